The molecule has 4 aliphatic heterocycles. The number of cyclic esters (lactones) is 1. The van der Waals surface area contributed by atoms with Crippen LogP contribution < -0.4 is 0 Å². The Bertz CT molecular complexity index is 1120. The molecule has 0 unspecified atom stereocenters. The van der Waals surface area contributed by atoms with Crippen molar-refractivity contribution in [2.75, 3.05) is 19.8 Å². The molecule has 2 aliphatic carbocycles. The highest BCUT2D eigenvalue weighted by Crippen LogP contribution is 2.72. The fourth-order valence-electron chi connectivity index (χ4n) is 7.41. The molecule has 6 rings (SSSR count). The molecule has 4 heterocycles. The summed E-state index contributed by atoms with van der Waals surface area (Å²) in [7, 11) is 0. The Morgan fingerprint density at radius 2 is 1.87 bits per heavy atom. The zero-order valence-electron chi connectivity index (χ0n) is 22.8. The predicted octanol–water partition coefficient (Wildman–Crippen LogP) is 1.52. The first kappa shape index (κ1) is 27.1. The SMILES string of the molecule is CC1=C[C@H]2O[C@@H]3[C@H](O)[C@H]4OC(=O)/C=C\C=C\[C@H]([C@@H](C)O)OCC[C@]5(C)O[C@@H]5C(=O)OC[C@@]2(CC1)[C@]4(C)[C@]31CO1. The molecule has 0 aromatic carbocycles. The Morgan fingerprint density at radius 1 is 1.10 bits per heavy atom. The average molecular weight is 547 g/mol. The maximum absolute atomic E-state index is 13.3. The summed E-state index contributed by atoms with van der Waals surface area (Å²) in [5.74, 6) is -1.10. The van der Waals surface area contributed by atoms with Gasteiger partial charge >= 0.3 is 11.9 Å². The summed E-state index contributed by atoms with van der Waals surface area (Å²) in [5, 5.41) is 21.5. The zero-order valence-corrected chi connectivity index (χ0v) is 22.8. The van der Waals surface area contributed by atoms with E-state index >= 15 is 0 Å². The molecule has 0 aromatic heterocycles. The maximum Gasteiger partial charge on any atom is 0.338 e. The van der Waals surface area contributed by atoms with Gasteiger partial charge in [-0.05, 0) is 33.6 Å². The van der Waals surface area contributed by atoms with Gasteiger partial charge in [0.25, 0.3) is 0 Å². The molecule has 39 heavy (non-hydrogen) atoms. The van der Waals surface area contributed by atoms with Gasteiger partial charge in [-0.25, -0.2) is 9.59 Å². The first-order chi connectivity index (χ1) is 18.5. The first-order valence-electron chi connectivity index (χ1n) is 13.8. The molecule has 1 saturated carbocycles. The van der Waals surface area contributed by atoms with Crippen molar-refractivity contribution in [2.45, 2.75) is 101 Å². The van der Waals surface area contributed by atoms with E-state index in [9.17, 15) is 19.8 Å². The molecule has 4 fully saturated rings. The van der Waals surface area contributed by atoms with Gasteiger partial charge in [0.1, 0.15) is 42.2 Å². The number of carbonyl (C=O) groups excluding carboxylic acids is 2. The summed E-state index contributed by atoms with van der Waals surface area (Å²) >= 11 is 0. The van der Waals surface area contributed by atoms with Gasteiger partial charge in [-0.15, -0.1) is 0 Å². The van der Waals surface area contributed by atoms with E-state index in [2.05, 4.69) is 0 Å². The number of ether oxygens (including phenoxy) is 6. The first-order valence-corrected chi connectivity index (χ1v) is 13.8. The van der Waals surface area contributed by atoms with E-state index in [-0.39, 0.29) is 13.2 Å². The van der Waals surface area contributed by atoms with Crippen LogP contribution in [0.2, 0.25) is 0 Å². The number of esters is 2. The highest BCUT2D eigenvalue weighted by molar-refractivity contribution is 5.82. The van der Waals surface area contributed by atoms with Crippen LogP contribution in [0, 0.1) is 10.8 Å². The van der Waals surface area contributed by atoms with E-state index in [0.717, 1.165) is 12.0 Å². The minimum Gasteiger partial charge on any atom is -0.463 e. The number of fused-ring (bicyclic) bond motifs is 1. The van der Waals surface area contributed by atoms with Gasteiger partial charge in [0.05, 0.1) is 30.8 Å². The van der Waals surface area contributed by atoms with Crippen LogP contribution in [0.15, 0.2) is 36.0 Å². The summed E-state index contributed by atoms with van der Waals surface area (Å²) in [6.07, 6.45) is 4.54. The van der Waals surface area contributed by atoms with Gasteiger partial charge in [0, 0.05) is 17.9 Å². The largest absolute Gasteiger partial charge is 0.463 e. The Balaban J connectivity index is 1.38. The second-order valence-electron chi connectivity index (χ2n) is 12.4. The van der Waals surface area contributed by atoms with E-state index in [0.29, 0.717) is 19.4 Å². The van der Waals surface area contributed by atoms with Gasteiger partial charge in [-0.3, -0.25) is 0 Å². The van der Waals surface area contributed by atoms with E-state index in [1.165, 1.54) is 12.2 Å². The predicted molar refractivity (Wildman–Crippen MR) is 135 cm³/mol. The van der Waals surface area contributed by atoms with Crippen LogP contribution >= 0.6 is 0 Å². The lowest BCUT2D eigenvalue weighted by Gasteiger charge is -2.58. The second-order valence-corrected chi connectivity index (χ2v) is 12.4. The quantitative estimate of drug-likeness (QED) is 0.283. The minimum atomic E-state index is -1.12. The highest BCUT2D eigenvalue weighted by atomic mass is 16.7. The Morgan fingerprint density at radius 3 is 2.59 bits per heavy atom. The Kier molecular flexibility index (Phi) is 6.41. The molecule has 2 bridgehead atoms. The van der Waals surface area contributed by atoms with Crippen LogP contribution in [-0.4, -0.2) is 95.9 Å². The third-order valence-electron chi connectivity index (χ3n) is 10.1. The molecule has 214 valence electrons. The summed E-state index contributed by atoms with van der Waals surface area (Å²) in [6, 6.07) is 0. The fourth-order valence-corrected chi connectivity index (χ4v) is 7.41. The summed E-state index contributed by atoms with van der Waals surface area (Å²) in [4.78, 5) is 26.3. The molecule has 2 spiro atoms. The van der Waals surface area contributed by atoms with Crippen LogP contribution in [0.5, 0.6) is 0 Å². The minimum absolute atomic E-state index is 0.00446. The second kappa shape index (κ2) is 9.22. The topological polar surface area (TPSA) is 137 Å². The van der Waals surface area contributed by atoms with Crippen molar-refractivity contribution < 1.29 is 48.2 Å². The van der Waals surface area contributed by atoms with Crippen molar-refractivity contribution >= 4 is 11.9 Å². The number of carbonyl (C=O) groups is 2. The van der Waals surface area contributed by atoms with Gasteiger partial charge in [-0.2, -0.15) is 0 Å². The lowest BCUT2D eigenvalue weighted by Crippen LogP contribution is -2.66. The number of allylic oxidation sites excluding steroid dienone is 3. The molecular formula is C29H38O10. The van der Waals surface area contributed by atoms with Crippen molar-refractivity contribution in [2.24, 2.45) is 10.8 Å². The molecule has 11 atom stereocenters. The Labute approximate surface area is 227 Å². The van der Waals surface area contributed by atoms with Crippen LogP contribution in [0.4, 0.5) is 0 Å². The summed E-state index contributed by atoms with van der Waals surface area (Å²) in [5.41, 5.74) is -2.12. The van der Waals surface area contributed by atoms with Gasteiger partial charge < -0.3 is 38.6 Å². The lowest BCUT2D eigenvalue weighted by molar-refractivity contribution is -0.233. The van der Waals surface area contributed by atoms with Crippen LogP contribution in [0.1, 0.15) is 47.0 Å². The molecule has 10 nitrogen and oxygen atoms in total. The van der Waals surface area contributed by atoms with E-state index < -0.39 is 76.7 Å². The lowest BCUT2D eigenvalue weighted by atomic mass is 9.51. The van der Waals surface area contributed by atoms with Crippen LogP contribution in [0.3, 0.4) is 0 Å². The molecular weight excluding hydrogens is 508 g/mol. The van der Waals surface area contributed by atoms with Gasteiger partial charge in [0.15, 0.2) is 6.10 Å². The number of hydrogen-bond donors (Lipinski definition) is 2. The highest BCUT2D eigenvalue weighted by Gasteiger charge is 2.85. The van der Waals surface area contributed by atoms with Gasteiger partial charge in [-0.1, -0.05) is 36.8 Å². The van der Waals surface area contributed by atoms with Crippen molar-refractivity contribution in [3.05, 3.63) is 36.0 Å². The van der Waals surface area contributed by atoms with Crippen molar-refractivity contribution in [1.29, 1.82) is 0 Å². The number of hydrogen-bond acceptors (Lipinski definition) is 10. The van der Waals surface area contributed by atoms with E-state index in [1.54, 1.807) is 19.1 Å². The van der Waals surface area contributed by atoms with Crippen LogP contribution in [-0.2, 0) is 38.0 Å². The Hall–Kier alpha value is -2.08. The smallest absolute Gasteiger partial charge is 0.338 e. The summed E-state index contributed by atoms with van der Waals surface area (Å²) < 4.78 is 36.1. The normalized spacial score (nSPS) is 51.7. The fraction of sp³-hybridized carbons (Fsp3) is 0.724. The maximum atomic E-state index is 13.3. The van der Waals surface area contributed by atoms with Crippen molar-refractivity contribution in [1.82, 2.24) is 0 Å². The van der Waals surface area contributed by atoms with E-state index in [1.807, 2.05) is 26.8 Å². The van der Waals surface area contributed by atoms with Crippen molar-refractivity contribution in [3.8, 4) is 0 Å². The number of aliphatic hydroxyl groups is 2. The summed E-state index contributed by atoms with van der Waals surface area (Å²) in [6.45, 7) is 8.08. The molecule has 0 radical (unpaired) electrons. The average Bonchev–Trinajstić information content (AvgIpc) is 3.80. The number of rotatable bonds is 1. The molecule has 0 aromatic rings. The number of epoxide rings is 2. The van der Waals surface area contributed by atoms with Gasteiger partial charge in [0.2, 0.25) is 0 Å². The molecule has 6 aliphatic rings. The van der Waals surface area contributed by atoms with E-state index in [4.69, 9.17) is 28.4 Å². The van der Waals surface area contributed by atoms with Crippen molar-refractivity contribution in [3.63, 3.8) is 0 Å². The molecule has 0 amide bonds. The number of aliphatic hydroxyl groups excluding tert-OH is 2. The monoisotopic (exact) mass is 546 g/mol. The third kappa shape index (κ3) is 3.98. The molecule has 2 N–H and O–H groups in total. The van der Waals surface area contributed by atoms with Crippen LogP contribution in [0.25, 0.3) is 0 Å². The molecule has 3 saturated heterocycles. The zero-order chi connectivity index (χ0) is 27.8. The standard InChI is InChI=1S/C29H38O10/c1-16-9-10-28-14-35-25(33)24-26(3,39-24)11-12-34-18(17(2)30)7-5-6-8-20(31)38-22-21(32)23(37-19(28)13-16)29(15-36-29)27(22,28)4/h5-8,13,17-19,21-24,30,32H,9-12,14-15H2,1-4H3/b7-5+,8-6-/t17-,18-,19-,21-,22-,23-,24-,26+,27-,28-,29+/m1/s1. The third-order valence-corrected chi connectivity index (χ3v) is 10.1. The molecule has 10 heteroatoms.